The Hall–Kier alpha value is -1.23. The number of aryl methyl sites for hydroxylation is 2. The van der Waals surface area contributed by atoms with Crippen molar-refractivity contribution < 1.29 is 15.0 Å². The quantitative estimate of drug-likeness (QED) is 0.642. The van der Waals surface area contributed by atoms with Gasteiger partial charge in [0.15, 0.2) is 5.78 Å². The van der Waals surface area contributed by atoms with E-state index in [-0.39, 0.29) is 19.0 Å². The third-order valence-electron chi connectivity index (χ3n) is 3.72. The van der Waals surface area contributed by atoms with Crippen molar-refractivity contribution in [1.82, 2.24) is 4.90 Å². The van der Waals surface area contributed by atoms with Crippen molar-refractivity contribution in [2.24, 2.45) is 0 Å². The largest absolute Gasteiger partial charge is 0.396 e. The van der Waals surface area contributed by atoms with Gasteiger partial charge in [0.25, 0.3) is 0 Å². The molecule has 0 aliphatic carbocycles. The normalized spacial score (nSPS) is 11.1. The highest BCUT2D eigenvalue weighted by Gasteiger charge is 2.13. The monoisotopic (exact) mass is 293 g/mol. The Labute approximate surface area is 127 Å². The van der Waals surface area contributed by atoms with E-state index in [2.05, 4.69) is 0 Å². The maximum Gasteiger partial charge on any atom is 0.151 e. The predicted molar refractivity (Wildman–Crippen MR) is 84.5 cm³/mol. The summed E-state index contributed by atoms with van der Waals surface area (Å²) in [5, 5.41) is 17.9. The number of nitrogens with zero attached hydrogens (tertiary/aromatic N) is 1. The van der Waals surface area contributed by atoms with Crippen LogP contribution in [0.2, 0.25) is 0 Å². The number of hydrogen-bond donors (Lipinski definition) is 2. The van der Waals surface area contributed by atoms with Gasteiger partial charge in [-0.2, -0.15) is 0 Å². The first-order valence-corrected chi connectivity index (χ1v) is 7.59. The molecule has 0 aromatic heterocycles. The minimum Gasteiger partial charge on any atom is -0.396 e. The second-order valence-electron chi connectivity index (χ2n) is 5.52. The summed E-state index contributed by atoms with van der Waals surface area (Å²) in [5.41, 5.74) is 3.41. The highest BCUT2D eigenvalue weighted by Crippen LogP contribution is 2.14. The summed E-state index contributed by atoms with van der Waals surface area (Å²) in [4.78, 5) is 14.2. The first kappa shape index (κ1) is 17.8. The Morgan fingerprint density at radius 2 is 1.71 bits per heavy atom. The first-order chi connectivity index (χ1) is 10.1. The van der Waals surface area contributed by atoms with Gasteiger partial charge in [-0.3, -0.25) is 9.69 Å². The molecule has 0 heterocycles. The molecule has 0 atom stereocenters. The molecule has 4 heteroatoms. The van der Waals surface area contributed by atoms with Gasteiger partial charge in [-0.25, -0.2) is 0 Å². The molecule has 0 amide bonds. The molecule has 0 unspecified atom stereocenters. The number of carbonyl (C=O) groups excluding carboxylic acids is 1. The van der Waals surface area contributed by atoms with E-state index in [9.17, 15) is 4.79 Å². The van der Waals surface area contributed by atoms with Crippen LogP contribution in [0, 0.1) is 13.8 Å². The van der Waals surface area contributed by atoms with Crippen molar-refractivity contribution in [2.45, 2.75) is 33.1 Å². The molecule has 0 saturated heterocycles. The van der Waals surface area contributed by atoms with Crippen LogP contribution in [0.3, 0.4) is 0 Å². The number of ketones is 1. The Bertz CT molecular complexity index is 425. The highest BCUT2D eigenvalue weighted by molar-refractivity contribution is 5.83. The van der Waals surface area contributed by atoms with E-state index in [1.165, 1.54) is 0 Å². The Kier molecular flexibility index (Phi) is 8.20. The van der Waals surface area contributed by atoms with Crippen molar-refractivity contribution in [3.8, 4) is 0 Å². The smallest absolute Gasteiger partial charge is 0.151 e. The summed E-state index contributed by atoms with van der Waals surface area (Å²) in [6, 6.07) is 6.07. The third-order valence-corrected chi connectivity index (χ3v) is 3.72. The van der Waals surface area contributed by atoms with E-state index in [1.807, 2.05) is 36.9 Å². The summed E-state index contributed by atoms with van der Waals surface area (Å²) in [5.74, 6) is 0.171. The lowest BCUT2D eigenvalue weighted by atomic mass is 9.98. The summed E-state index contributed by atoms with van der Waals surface area (Å²) in [6.07, 6.45) is 2.01. The summed E-state index contributed by atoms with van der Waals surface area (Å²) in [6.45, 7) is 5.88. The molecule has 0 aliphatic rings. The number of aliphatic hydroxyl groups excluding tert-OH is 2. The van der Waals surface area contributed by atoms with Gasteiger partial charge in [-0.05, 0) is 49.9 Å². The van der Waals surface area contributed by atoms with Crippen molar-refractivity contribution in [1.29, 1.82) is 0 Å². The minimum absolute atomic E-state index is 0.0514. The van der Waals surface area contributed by atoms with E-state index in [1.54, 1.807) is 0 Å². The lowest BCUT2D eigenvalue weighted by Crippen LogP contribution is -2.34. The van der Waals surface area contributed by atoms with Gasteiger partial charge in [-0.15, -0.1) is 0 Å². The van der Waals surface area contributed by atoms with E-state index < -0.39 is 0 Å². The molecule has 0 bridgehead atoms. The number of unbranched alkanes of at least 4 members (excludes halogenated alkanes) is 1. The van der Waals surface area contributed by atoms with Gasteiger partial charge < -0.3 is 10.2 Å². The fraction of sp³-hybridized carbons (Fsp3) is 0.588. The van der Waals surface area contributed by atoms with Gasteiger partial charge >= 0.3 is 0 Å². The molecule has 0 radical (unpaired) electrons. The van der Waals surface area contributed by atoms with Crippen LogP contribution in [0.4, 0.5) is 0 Å². The minimum atomic E-state index is 0.0514. The number of aliphatic hydroxyl groups is 2. The molecule has 1 aromatic rings. The van der Waals surface area contributed by atoms with Crippen LogP contribution >= 0.6 is 0 Å². The number of hydrogen-bond acceptors (Lipinski definition) is 4. The fourth-order valence-electron chi connectivity index (χ4n) is 2.49. The zero-order valence-corrected chi connectivity index (χ0v) is 13.1. The van der Waals surface area contributed by atoms with E-state index in [4.69, 9.17) is 10.2 Å². The number of benzene rings is 1. The maximum atomic E-state index is 12.3. The maximum absolute atomic E-state index is 12.3. The topological polar surface area (TPSA) is 60.8 Å². The molecule has 4 nitrogen and oxygen atoms in total. The van der Waals surface area contributed by atoms with Gasteiger partial charge in [0.1, 0.15) is 0 Å². The molecule has 0 aliphatic heterocycles. The third kappa shape index (κ3) is 6.38. The van der Waals surface area contributed by atoms with Crippen LogP contribution in [-0.2, 0) is 11.2 Å². The van der Waals surface area contributed by atoms with Crippen LogP contribution in [0.15, 0.2) is 18.2 Å². The SMILES string of the molecule is Cc1cccc(C)c1CC(=O)CN(CCO)CCCCO. The zero-order chi connectivity index (χ0) is 15.7. The van der Waals surface area contributed by atoms with Crippen molar-refractivity contribution in [3.63, 3.8) is 0 Å². The highest BCUT2D eigenvalue weighted by atomic mass is 16.3. The Balaban J connectivity index is 2.56. The molecule has 1 aromatic carbocycles. The predicted octanol–water partition coefficient (Wildman–Crippen LogP) is 1.48. The molecule has 2 N–H and O–H groups in total. The molecule has 0 spiro atoms. The van der Waals surface area contributed by atoms with E-state index in [0.29, 0.717) is 19.5 Å². The van der Waals surface area contributed by atoms with Crippen LogP contribution < -0.4 is 0 Å². The number of Topliss-reactive ketones (excluding diaryl/α,β-unsaturated/α-hetero) is 1. The second-order valence-corrected chi connectivity index (χ2v) is 5.52. The molecular weight excluding hydrogens is 266 g/mol. The van der Waals surface area contributed by atoms with Gasteiger partial charge in [0.05, 0.1) is 13.2 Å². The van der Waals surface area contributed by atoms with Gasteiger partial charge in [0, 0.05) is 19.6 Å². The zero-order valence-electron chi connectivity index (χ0n) is 13.1. The molecule has 0 saturated carbocycles. The van der Waals surface area contributed by atoms with Crippen molar-refractivity contribution >= 4 is 5.78 Å². The van der Waals surface area contributed by atoms with Crippen LogP contribution in [-0.4, -0.2) is 53.7 Å². The van der Waals surface area contributed by atoms with E-state index >= 15 is 0 Å². The lowest BCUT2D eigenvalue weighted by molar-refractivity contribution is -0.119. The summed E-state index contributed by atoms with van der Waals surface area (Å²) < 4.78 is 0. The Morgan fingerprint density at radius 3 is 2.29 bits per heavy atom. The van der Waals surface area contributed by atoms with Crippen LogP contribution in [0.5, 0.6) is 0 Å². The first-order valence-electron chi connectivity index (χ1n) is 7.59. The lowest BCUT2D eigenvalue weighted by Gasteiger charge is -2.20. The number of carbonyl (C=O) groups is 1. The van der Waals surface area contributed by atoms with Gasteiger partial charge in [-0.1, -0.05) is 18.2 Å². The standard InChI is InChI=1S/C17H27NO3/c1-14-6-5-7-15(2)17(14)12-16(21)13-18(9-11-20)8-3-4-10-19/h5-7,19-20H,3-4,8-13H2,1-2H3. The average molecular weight is 293 g/mol. The van der Waals surface area contributed by atoms with Gasteiger partial charge in [0.2, 0.25) is 0 Å². The van der Waals surface area contributed by atoms with Crippen molar-refractivity contribution in [2.75, 3.05) is 32.8 Å². The average Bonchev–Trinajstić information content (AvgIpc) is 2.43. The molecule has 1 rings (SSSR count). The molecular formula is C17H27NO3. The molecule has 0 fully saturated rings. The second kappa shape index (κ2) is 9.66. The molecule has 118 valence electrons. The summed E-state index contributed by atoms with van der Waals surface area (Å²) >= 11 is 0. The van der Waals surface area contributed by atoms with Crippen LogP contribution in [0.25, 0.3) is 0 Å². The van der Waals surface area contributed by atoms with Crippen LogP contribution in [0.1, 0.15) is 29.5 Å². The Morgan fingerprint density at radius 1 is 1.05 bits per heavy atom. The summed E-state index contributed by atoms with van der Waals surface area (Å²) in [7, 11) is 0. The van der Waals surface area contributed by atoms with E-state index in [0.717, 1.165) is 36.1 Å². The van der Waals surface area contributed by atoms with Crippen molar-refractivity contribution in [3.05, 3.63) is 34.9 Å². The fourth-order valence-corrected chi connectivity index (χ4v) is 2.49. The molecule has 21 heavy (non-hydrogen) atoms. The number of rotatable bonds is 10.